The topological polar surface area (TPSA) is 69.4 Å². The van der Waals surface area contributed by atoms with Crippen LogP contribution in [0.2, 0.25) is 5.02 Å². The van der Waals surface area contributed by atoms with Gasteiger partial charge >= 0.3 is 0 Å². The van der Waals surface area contributed by atoms with Crippen LogP contribution in [0.15, 0.2) is 64.0 Å². The average molecular weight is 330 g/mol. The minimum Gasteiger partial charge on any atom is -0.285 e. The summed E-state index contributed by atoms with van der Waals surface area (Å²) in [5.41, 5.74) is 4.46. The molecule has 0 spiro atoms. The van der Waals surface area contributed by atoms with Crippen molar-refractivity contribution in [2.75, 3.05) is 14.1 Å². The molecule has 0 atom stereocenters. The Kier molecular flexibility index (Phi) is 5.82. The predicted octanol–water partition coefficient (Wildman–Crippen LogP) is 3.66. The van der Waals surface area contributed by atoms with Gasteiger partial charge in [0.2, 0.25) is 0 Å². The molecule has 0 bridgehead atoms. The number of carbonyl (C=O) groups excluding carboxylic acids is 1. The van der Waals surface area contributed by atoms with Crippen LogP contribution >= 0.6 is 11.6 Å². The van der Waals surface area contributed by atoms with Crippen LogP contribution in [0.25, 0.3) is 0 Å². The first kappa shape index (κ1) is 16.6. The molecular formula is C16H16ClN5O. The lowest BCUT2D eigenvalue weighted by Gasteiger charge is -2.02. The molecule has 0 fully saturated rings. The molecule has 0 radical (unpaired) electrons. The Labute approximate surface area is 139 Å². The van der Waals surface area contributed by atoms with E-state index in [2.05, 4.69) is 20.9 Å². The van der Waals surface area contributed by atoms with E-state index in [0.29, 0.717) is 16.3 Å². The highest BCUT2D eigenvalue weighted by Crippen LogP contribution is 2.13. The molecule has 0 saturated carbocycles. The third kappa shape index (κ3) is 5.52. The lowest BCUT2D eigenvalue weighted by molar-refractivity contribution is 0.0955. The average Bonchev–Trinajstić information content (AvgIpc) is 2.55. The SMILES string of the molecule is CN(C)N=Nc1ccc(C(=O)N/N=C/c2ccc(Cl)cc2)cc1. The minimum absolute atomic E-state index is 0.300. The van der Waals surface area contributed by atoms with E-state index in [9.17, 15) is 4.79 Å². The van der Waals surface area contributed by atoms with E-state index in [1.165, 1.54) is 0 Å². The Morgan fingerprint density at radius 1 is 1.09 bits per heavy atom. The number of hydrazone groups is 1. The Hall–Kier alpha value is -2.73. The summed E-state index contributed by atoms with van der Waals surface area (Å²) in [6, 6.07) is 13.9. The van der Waals surface area contributed by atoms with Crippen molar-refractivity contribution in [3.63, 3.8) is 0 Å². The number of carbonyl (C=O) groups is 1. The van der Waals surface area contributed by atoms with Gasteiger partial charge in [0, 0.05) is 24.7 Å². The molecule has 23 heavy (non-hydrogen) atoms. The first-order valence-electron chi connectivity index (χ1n) is 6.82. The van der Waals surface area contributed by atoms with Gasteiger partial charge < -0.3 is 0 Å². The molecule has 0 saturated heterocycles. The first-order valence-corrected chi connectivity index (χ1v) is 7.20. The van der Waals surface area contributed by atoms with Crippen molar-refractivity contribution in [2.24, 2.45) is 15.4 Å². The number of hydrogen-bond donors (Lipinski definition) is 1. The van der Waals surface area contributed by atoms with Crippen LogP contribution in [0.5, 0.6) is 0 Å². The summed E-state index contributed by atoms with van der Waals surface area (Å²) >= 11 is 5.80. The number of nitrogens with one attached hydrogen (secondary N) is 1. The third-order valence-corrected chi connectivity index (χ3v) is 2.97. The number of nitrogens with zero attached hydrogens (tertiary/aromatic N) is 4. The summed E-state index contributed by atoms with van der Waals surface area (Å²) in [5.74, 6) is -0.300. The summed E-state index contributed by atoms with van der Waals surface area (Å²) < 4.78 is 0. The van der Waals surface area contributed by atoms with Gasteiger partial charge in [0.25, 0.3) is 5.91 Å². The standard InChI is InChI=1S/C16H16ClN5O/c1-22(2)21-19-15-9-5-13(6-10-15)16(23)20-18-11-12-3-7-14(17)8-4-12/h3-11H,1-2H3,(H,20,23)/b18-11+,21-19?. The van der Waals surface area contributed by atoms with Crippen LogP contribution in [0, 0.1) is 0 Å². The maximum absolute atomic E-state index is 12.0. The van der Waals surface area contributed by atoms with Crippen molar-refractivity contribution in [3.05, 3.63) is 64.7 Å². The molecule has 1 amide bonds. The molecule has 2 aromatic rings. The molecule has 1 N–H and O–H groups in total. The number of hydrogen-bond acceptors (Lipinski definition) is 4. The van der Waals surface area contributed by atoms with Crippen molar-refractivity contribution >= 4 is 29.4 Å². The van der Waals surface area contributed by atoms with Crippen LogP contribution in [-0.4, -0.2) is 31.2 Å². The van der Waals surface area contributed by atoms with E-state index in [1.54, 1.807) is 61.7 Å². The van der Waals surface area contributed by atoms with E-state index in [-0.39, 0.29) is 5.91 Å². The quantitative estimate of drug-likeness (QED) is 0.516. The summed E-state index contributed by atoms with van der Waals surface area (Å²) in [7, 11) is 3.56. The van der Waals surface area contributed by atoms with E-state index in [0.717, 1.165) is 5.56 Å². The third-order valence-electron chi connectivity index (χ3n) is 2.72. The van der Waals surface area contributed by atoms with Crippen molar-refractivity contribution in [3.8, 4) is 0 Å². The molecule has 2 aromatic carbocycles. The zero-order chi connectivity index (χ0) is 16.7. The van der Waals surface area contributed by atoms with Gasteiger partial charge in [-0.3, -0.25) is 9.80 Å². The summed E-state index contributed by atoms with van der Waals surface area (Å²) in [4.78, 5) is 12.0. The Balaban J connectivity index is 1.94. The maximum atomic E-state index is 12.0. The summed E-state index contributed by atoms with van der Waals surface area (Å²) in [6.07, 6.45) is 1.55. The number of rotatable bonds is 5. The Morgan fingerprint density at radius 2 is 1.74 bits per heavy atom. The van der Waals surface area contributed by atoms with E-state index in [1.807, 2.05) is 12.1 Å². The normalized spacial score (nSPS) is 11.1. The Bertz CT molecular complexity index is 708. The largest absolute Gasteiger partial charge is 0.285 e. The van der Waals surface area contributed by atoms with Crippen molar-refractivity contribution in [1.82, 2.24) is 10.4 Å². The Morgan fingerprint density at radius 3 is 2.35 bits per heavy atom. The molecule has 0 aliphatic rings. The molecule has 118 valence electrons. The second-order valence-corrected chi connectivity index (χ2v) is 5.27. The van der Waals surface area contributed by atoms with Crippen LogP contribution in [-0.2, 0) is 0 Å². The fourth-order valence-corrected chi connectivity index (χ4v) is 1.73. The molecule has 0 heterocycles. The highest BCUT2D eigenvalue weighted by Gasteiger charge is 2.03. The lowest BCUT2D eigenvalue weighted by atomic mass is 10.2. The van der Waals surface area contributed by atoms with Crippen LogP contribution < -0.4 is 5.43 Å². The molecule has 6 nitrogen and oxygen atoms in total. The number of halogens is 1. The first-order chi connectivity index (χ1) is 11.0. The van der Waals surface area contributed by atoms with Crippen LogP contribution in [0.3, 0.4) is 0 Å². The van der Waals surface area contributed by atoms with Crippen LogP contribution in [0.1, 0.15) is 15.9 Å². The molecule has 0 unspecified atom stereocenters. The van der Waals surface area contributed by atoms with E-state index in [4.69, 9.17) is 11.6 Å². The maximum Gasteiger partial charge on any atom is 0.271 e. The van der Waals surface area contributed by atoms with Gasteiger partial charge in [-0.2, -0.15) is 5.10 Å². The highest BCUT2D eigenvalue weighted by atomic mass is 35.5. The molecule has 2 rings (SSSR count). The van der Waals surface area contributed by atoms with Gasteiger partial charge in [-0.05, 0) is 42.0 Å². The highest BCUT2D eigenvalue weighted by molar-refractivity contribution is 6.30. The molecule has 0 aliphatic carbocycles. The molecule has 0 aliphatic heterocycles. The summed E-state index contributed by atoms with van der Waals surface area (Å²) in [5, 5.41) is 14.0. The molecule has 7 heteroatoms. The van der Waals surface area contributed by atoms with Crippen molar-refractivity contribution in [2.45, 2.75) is 0 Å². The van der Waals surface area contributed by atoms with Gasteiger partial charge in [-0.25, -0.2) is 5.43 Å². The van der Waals surface area contributed by atoms with E-state index < -0.39 is 0 Å². The van der Waals surface area contributed by atoms with Gasteiger partial charge in [0.1, 0.15) is 0 Å². The monoisotopic (exact) mass is 329 g/mol. The molecule has 0 aromatic heterocycles. The van der Waals surface area contributed by atoms with Gasteiger partial charge in [0.15, 0.2) is 0 Å². The second-order valence-electron chi connectivity index (χ2n) is 4.83. The smallest absolute Gasteiger partial charge is 0.271 e. The van der Waals surface area contributed by atoms with Gasteiger partial charge in [-0.15, -0.1) is 5.11 Å². The zero-order valence-electron chi connectivity index (χ0n) is 12.8. The van der Waals surface area contributed by atoms with Crippen LogP contribution in [0.4, 0.5) is 5.69 Å². The number of amides is 1. The van der Waals surface area contributed by atoms with E-state index >= 15 is 0 Å². The van der Waals surface area contributed by atoms with Gasteiger partial charge in [0.05, 0.1) is 11.9 Å². The second kappa shape index (κ2) is 8.05. The van der Waals surface area contributed by atoms with Crippen molar-refractivity contribution in [1.29, 1.82) is 0 Å². The minimum atomic E-state index is -0.300. The number of benzene rings is 2. The zero-order valence-corrected chi connectivity index (χ0v) is 13.5. The lowest BCUT2D eigenvalue weighted by Crippen LogP contribution is -2.17. The fraction of sp³-hybridized carbons (Fsp3) is 0.125. The fourth-order valence-electron chi connectivity index (χ4n) is 1.60. The van der Waals surface area contributed by atoms with Gasteiger partial charge in [-0.1, -0.05) is 29.0 Å². The molecular weight excluding hydrogens is 314 g/mol. The predicted molar refractivity (Wildman–Crippen MR) is 91.2 cm³/mol. The summed E-state index contributed by atoms with van der Waals surface area (Å²) in [6.45, 7) is 0. The van der Waals surface area contributed by atoms with Crippen molar-refractivity contribution < 1.29 is 4.79 Å².